The first kappa shape index (κ1) is 11.9. The first-order valence-corrected chi connectivity index (χ1v) is 6.64. The molecule has 0 saturated heterocycles. The lowest BCUT2D eigenvalue weighted by Crippen LogP contribution is -1.99. The fraction of sp³-hybridized carbons (Fsp3) is 0.167. The van der Waals surface area contributed by atoms with E-state index in [0.717, 1.165) is 17.6 Å². The minimum atomic E-state index is 0.955. The van der Waals surface area contributed by atoms with Crippen LogP contribution >= 0.6 is 0 Å². The van der Waals surface area contributed by atoms with Gasteiger partial charge in [0.05, 0.1) is 5.52 Å². The molecular formula is C18H17N. The lowest BCUT2D eigenvalue weighted by Gasteiger charge is -2.12. The third-order valence-corrected chi connectivity index (χ3v) is 3.71. The minimum Gasteiger partial charge on any atom is -0.253 e. The molecule has 1 heterocycles. The van der Waals surface area contributed by atoms with Gasteiger partial charge in [0.1, 0.15) is 0 Å². The molecule has 19 heavy (non-hydrogen) atoms. The second-order valence-electron chi connectivity index (χ2n) is 4.98. The Balaban J connectivity index is 2.13. The van der Waals surface area contributed by atoms with Crippen molar-refractivity contribution in [2.75, 3.05) is 0 Å². The zero-order chi connectivity index (χ0) is 13.2. The minimum absolute atomic E-state index is 0.955. The number of aromatic nitrogens is 1. The molecule has 0 fully saturated rings. The maximum Gasteiger partial charge on any atom is 0.0708 e. The van der Waals surface area contributed by atoms with E-state index in [2.05, 4.69) is 62.4 Å². The van der Waals surface area contributed by atoms with E-state index in [9.17, 15) is 0 Å². The molecule has 1 nitrogen and oxygen atoms in total. The van der Waals surface area contributed by atoms with Crippen LogP contribution in [0.3, 0.4) is 0 Å². The number of hydrogen-bond donors (Lipinski definition) is 0. The molecule has 0 radical (unpaired) electrons. The van der Waals surface area contributed by atoms with Crippen molar-refractivity contribution in [3.8, 4) is 0 Å². The van der Waals surface area contributed by atoms with Crippen LogP contribution in [0.4, 0.5) is 0 Å². The zero-order valence-corrected chi connectivity index (χ0v) is 11.4. The van der Waals surface area contributed by atoms with E-state index in [-0.39, 0.29) is 0 Å². The van der Waals surface area contributed by atoms with Gasteiger partial charge >= 0.3 is 0 Å². The Morgan fingerprint density at radius 3 is 2.32 bits per heavy atom. The third kappa shape index (κ3) is 2.24. The molecular weight excluding hydrogens is 230 g/mol. The highest BCUT2D eigenvalue weighted by molar-refractivity contribution is 5.83. The Morgan fingerprint density at radius 2 is 1.53 bits per heavy atom. The monoisotopic (exact) mass is 247 g/mol. The first-order chi connectivity index (χ1) is 9.25. The smallest absolute Gasteiger partial charge is 0.0708 e. The van der Waals surface area contributed by atoms with Crippen LogP contribution in [0.2, 0.25) is 0 Å². The van der Waals surface area contributed by atoms with Gasteiger partial charge in [-0.15, -0.1) is 0 Å². The van der Waals surface area contributed by atoms with Crippen LogP contribution in [0.15, 0.2) is 54.6 Å². The Hall–Kier alpha value is -2.15. The van der Waals surface area contributed by atoms with Gasteiger partial charge in [-0.2, -0.15) is 0 Å². The van der Waals surface area contributed by atoms with Gasteiger partial charge in [0, 0.05) is 11.1 Å². The van der Waals surface area contributed by atoms with Crippen molar-refractivity contribution < 1.29 is 0 Å². The Labute approximate surface area is 113 Å². The van der Waals surface area contributed by atoms with Crippen molar-refractivity contribution in [2.24, 2.45) is 0 Å². The molecule has 94 valence electrons. The number of hydrogen-bond acceptors (Lipinski definition) is 1. The molecule has 0 saturated carbocycles. The molecule has 0 aliphatic rings. The second kappa shape index (κ2) is 4.85. The fourth-order valence-corrected chi connectivity index (χ4v) is 2.63. The predicted octanol–water partition coefficient (Wildman–Crippen LogP) is 4.44. The molecule has 0 spiro atoms. The van der Waals surface area contributed by atoms with Gasteiger partial charge in [-0.25, -0.2) is 0 Å². The van der Waals surface area contributed by atoms with Crippen molar-refractivity contribution in [3.05, 3.63) is 77.0 Å². The summed E-state index contributed by atoms with van der Waals surface area (Å²) in [7, 11) is 0. The summed E-state index contributed by atoms with van der Waals surface area (Å²) in [4.78, 5) is 4.73. The molecule has 0 amide bonds. The van der Waals surface area contributed by atoms with E-state index < -0.39 is 0 Å². The number of nitrogens with zero attached hydrogens (tertiary/aromatic N) is 1. The summed E-state index contributed by atoms with van der Waals surface area (Å²) >= 11 is 0. The second-order valence-corrected chi connectivity index (χ2v) is 4.98. The number of benzene rings is 2. The van der Waals surface area contributed by atoms with Crippen molar-refractivity contribution in [1.82, 2.24) is 4.98 Å². The predicted molar refractivity (Wildman–Crippen MR) is 80.5 cm³/mol. The number of para-hydroxylation sites is 1. The normalized spacial score (nSPS) is 10.8. The van der Waals surface area contributed by atoms with Crippen LogP contribution in [0.1, 0.15) is 22.4 Å². The van der Waals surface area contributed by atoms with Gasteiger partial charge in [-0.3, -0.25) is 4.98 Å². The van der Waals surface area contributed by atoms with Gasteiger partial charge in [0.2, 0.25) is 0 Å². The van der Waals surface area contributed by atoms with Gasteiger partial charge in [0.15, 0.2) is 0 Å². The summed E-state index contributed by atoms with van der Waals surface area (Å²) in [5, 5.41) is 1.26. The molecule has 3 rings (SSSR count). The molecule has 0 bridgehead atoms. The molecule has 0 N–H and O–H groups in total. The van der Waals surface area contributed by atoms with Gasteiger partial charge in [-0.1, -0.05) is 48.5 Å². The van der Waals surface area contributed by atoms with E-state index in [1.165, 1.54) is 22.1 Å². The van der Waals surface area contributed by atoms with Crippen LogP contribution in [-0.2, 0) is 6.42 Å². The molecule has 3 aromatic rings. The maximum atomic E-state index is 4.73. The zero-order valence-electron chi connectivity index (χ0n) is 11.4. The highest BCUT2D eigenvalue weighted by Crippen LogP contribution is 2.24. The van der Waals surface area contributed by atoms with Crippen LogP contribution in [0, 0.1) is 13.8 Å². The van der Waals surface area contributed by atoms with Gasteiger partial charge < -0.3 is 0 Å². The third-order valence-electron chi connectivity index (χ3n) is 3.71. The van der Waals surface area contributed by atoms with E-state index in [0.29, 0.717) is 0 Å². The Kier molecular flexibility index (Phi) is 3.04. The van der Waals surface area contributed by atoms with E-state index in [4.69, 9.17) is 4.98 Å². The van der Waals surface area contributed by atoms with Crippen molar-refractivity contribution >= 4 is 10.9 Å². The molecule has 0 unspecified atom stereocenters. The largest absolute Gasteiger partial charge is 0.253 e. The fourth-order valence-electron chi connectivity index (χ4n) is 2.63. The Bertz CT molecular complexity index is 714. The van der Waals surface area contributed by atoms with E-state index in [1.54, 1.807) is 0 Å². The van der Waals surface area contributed by atoms with Crippen molar-refractivity contribution in [2.45, 2.75) is 20.3 Å². The summed E-state index contributed by atoms with van der Waals surface area (Å²) in [6.07, 6.45) is 0.955. The van der Waals surface area contributed by atoms with E-state index in [1.807, 2.05) is 6.07 Å². The van der Waals surface area contributed by atoms with Gasteiger partial charge in [0.25, 0.3) is 0 Å². The standard InChI is InChI=1S/C18H17N/c1-13-16-10-6-7-11-18(16)19-14(2)17(13)12-15-8-4-3-5-9-15/h3-11H,12H2,1-2H3. The quantitative estimate of drug-likeness (QED) is 0.652. The average molecular weight is 247 g/mol. The number of fused-ring (bicyclic) bond motifs is 1. The molecule has 0 aliphatic heterocycles. The molecule has 2 aromatic carbocycles. The summed E-state index contributed by atoms with van der Waals surface area (Å²) in [5.74, 6) is 0. The summed E-state index contributed by atoms with van der Waals surface area (Å²) in [6, 6.07) is 19.0. The molecule has 1 heteroatoms. The van der Waals surface area contributed by atoms with Crippen molar-refractivity contribution in [3.63, 3.8) is 0 Å². The number of pyridine rings is 1. The van der Waals surface area contributed by atoms with Crippen LogP contribution < -0.4 is 0 Å². The van der Waals surface area contributed by atoms with E-state index >= 15 is 0 Å². The van der Waals surface area contributed by atoms with Crippen LogP contribution in [0.25, 0.3) is 10.9 Å². The molecule has 0 aliphatic carbocycles. The summed E-state index contributed by atoms with van der Waals surface area (Å²) in [5.41, 5.74) is 6.27. The van der Waals surface area contributed by atoms with Gasteiger partial charge in [-0.05, 0) is 43.0 Å². The SMILES string of the molecule is Cc1nc2ccccc2c(C)c1Cc1ccccc1. The highest BCUT2D eigenvalue weighted by atomic mass is 14.7. The summed E-state index contributed by atoms with van der Waals surface area (Å²) in [6.45, 7) is 4.31. The number of rotatable bonds is 2. The highest BCUT2D eigenvalue weighted by Gasteiger charge is 2.09. The lowest BCUT2D eigenvalue weighted by molar-refractivity contribution is 1.08. The first-order valence-electron chi connectivity index (χ1n) is 6.64. The van der Waals surface area contributed by atoms with Crippen LogP contribution in [-0.4, -0.2) is 4.98 Å². The van der Waals surface area contributed by atoms with Crippen molar-refractivity contribution in [1.29, 1.82) is 0 Å². The lowest BCUT2D eigenvalue weighted by atomic mass is 9.96. The maximum absolute atomic E-state index is 4.73. The number of aryl methyl sites for hydroxylation is 2. The summed E-state index contributed by atoms with van der Waals surface area (Å²) < 4.78 is 0. The van der Waals surface area contributed by atoms with Crippen LogP contribution in [0.5, 0.6) is 0 Å². The average Bonchev–Trinajstić information content (AvgIpc) is 2.45. The Morgan fingerprint density at radius 1 is 0.842 bits per heavy atom. The molecule has 1 aromatic heterocycles. The molecule has 0 atom stereocenters. The topological polar surface area (TPSA) is 12.9 Å².